The third-order valence-corrected chi connectivity index (χ3v) is 3.23. The smallest absolute Gasteiger partial charge is 0.335 e. The van der Waals surface area contributed by atoms with Gasteiger partial charge in [-0.15, -0.1) is 0 Å². The number of aliphatic hydroxyl groups excluding tert-OH is 1. The fraction of sp³-hybridized carbons (Fsp3) is 0.417. The molecular formula is C12H14N2O5. The maximum absolute atomic E-state index is 10.9. The number of hydrogen-bond donors (Lipinski definition) is 3. The standard InChI is InChI=1S/C12H14N2O5/c15-9-3-7(4-9)6-13-10-5-8(12(16)17)1-2-11(10)14(18)19/h1-2,5,7,9,13,15H,3-4,6H2,(H,16,17). The lowest BCUT2D eigenvalue weighted by Crippen LogP contribution is -2.33. The van der Waals surface area contributed by atoms with Crippen LogP contribution in [-0.4, -0.2) is 33.8 Å². The first kappa shape index (κ1) is 13.3. The van der Waals surface area contributed by atoms with E-state index in [1.807, 2.05) is 0 Å². The fourth-order valence-electron chi connectivity index (χ4n) is 2.09. The van der Waals surface area contributed by atoms with E-state index in [1.165, 1.54) is 18.2 Å². The highest BCUT2D eigenvalue weighted by Crippen LogP contribution is 2.30. The summed E-state index contributed by atoms with van der Waals surface area (Å²) in [5, 5.41) is 31.8. The lowest BCUT2D eigenvalue weighted by molar-refractivity contribution is -0.384. The number of hydrogen-bond acceptors (Lipinski definition) is 5. The molecule has 0 heterocycles. The predicted octanol–water partition coefficient (Wildman–Crippen LogP) is 1.48. The monoisotopic (exact) mass is 266 g/mol. The summed E-state index contributed by atoms with van der Waals surface area (Å²) in [4.78, 5) is 21.2. The molecule has 19 heavy (non-hydrogen) atoms. The van der Waals surface area contributed by atoms with Crippen molar-refractivity contribution in [3.05, 3.63) is 33.9 Å². The Morgan fingerprint density at radius 2 is 2.16 bits per heavy atom. The normalized spacial score (nSPS) is 21.5. The van der Waals surface area contributed by atoms with Crippen LogP contribution in [0.3, 0.4) is 0 Å². The minimum Gasteiger partial charge on any atom is -0.478 e. The number of rotatable bonds is 5. The van der Waals surface area contributed by atoms with Crippen molar-refractivity contribution in [1.82, 2.24) is 0 Å². The van der Waals surface area contributed by atoms with Gasteiger partial charge >= 0.3 is 5.97 Å². The van der Waals surface area contributed by atoms with Gasteiger partial charge in [0.25, 0.3) is 5.69 Å². The summed E-state index contributed by atoms with van der Waals surface area (Å²) in [5.74, 6) is -0.861. The van der Waals surface area contributed by atoms with Crippen LogP contribution in [0.4, 0.5) is 11.4 Å². The predicted molar refractivity (Wildman–Crippen MR) is 67.3 cm³/mol. The first-order chi connectivity index (χ1) is 8.97. The Hall–Kier alpha value is -2.15. The van der Waals surface area contributed by atoms with E-state index in [9.17, 15) is 14.9 Å². The van der Waals surface area contributed by atoms with Gasteiger partial charge in [0.2, 0.25) is 0 Å². The number of anilines is 1. The van der Waals surface area contributed by atoms with Gasteiger partial charge in [-0.25, -0.2) is 4.79 Å². The SMILES string of the molecule is O=C(O)c1ccc([N+](=O)[O-])c(NCC2CC(O)C2)c1. The van der Waals surface area contributed by atoms with Crippen LogP contribution < -0.4 is 5.32 Å². The molecule has 7 heteroatoms. The second kappa shape index (κ2) is 5.23. The van der Waals surface area contributed by atoms with Crippen LogP contribution in [0.1, 0.15) is 23.2 Å². The van der Waals surface area contributed by atoms with E-state index in [-0.39, 0.29) is 29.0 Å². The van der Waals surface area contributed by atoms with Gasteiger partial charge in [-0.1, -0.05) is 0 Å². The zero-order valence-corrected chi connectivity index (χ0v) is 10.1. The number of nitro benzene ring substituents is 1. The van der Waals surface area contributed by atoms with Gasteiger partial charge in [0.1, 0.15) is 5.69 Å². The van der Waals surface area contributed by atoms with Gasteiger partial charge < -0.3 is 15.5 Å². The van der Waals surface area contributed by atoms with Crippen LogP contribution in [0.5, 0.6) is 0 Å². The molecule has 0 atom stereocenters. The molecule has 1 aliphatic carbocycles. The summed E-state index contributed by atoms with van der Waals surface area (Å²) >= 11 is 0. The van der Waals surface area contributed by atoms with Gasteiger partial charge in [-0.05, 0) is 30.9 Å². The Labute approximate surface area is 109 Å². The molecule has 0 spiro atoms. The number of carboxylic acids is 1. The Balaban J connectivity index is 2.13. The second-order valence-corrected chi connectivity index (χ2v) is 4.67. The average molecular weight is 266 g/mol. The van der Waals surface area contributed by atoms with Gasteiger partial charge in [-0.2, -0.15) is 0 Å². The number of nitrogens with one attached hydrogen (secondary N) is 1. The highest BCUT2D eigenvalue weighted by Gasteiger charge is 2.27. The molecule has 0 aliphatic heterocycles. The molecule has 0 bridgehead atoms. The number of nitrogens with zero attached hydrogens (tertiary/aromatic N) is 1. The second-order valence-electron chi connectivity index (χ2n) is 4.67. The molecular weight excluding hydrogens is 252 g/mol. The molecule has 1 fully saturated rings. The molecule has 1 saturated carbocycles. The molecule has 1 aromatic carbocycles. The number of aliphatic hydroxyl groups is 1. The average Bonchev–Trinajstić information content (AvgIpc) is 2.32. The van der Waals surface area contributed by atoms with Crippen molar-refractivity contribution < 1.29 is 19.9 Å². The van der Waals surface area contributed by atoms with Crippen LogP contribution in [0.15, 0.2) is 18.2 Å². The molecule has 1 aromatic rings. The van der Waals surface area contributed by atoms with Crippen molar-refractivity contribution in [2.75, 3.05) is 11.9 Å². The summed E-state index contributed by atoms with van der Waals surface area (Å²) in [6.07, 6.45) is 1.05. The zero-order chi connectivity index (χ0) is 14.0. The van der Waals surface area contributed by atoms with Gasteiger partial charge in [0, 0.05) is 12.6 Å². The van der Waals surface area contributed by atoms with Crippen molar-refractivity contribution in [3.63, 3.8) is 0 Å². The van der Waals surface area contributed by atoms with E-state index in [4.69, 9.17) is 10.2 Å². The molecule has 7 nitrogen and oxygen atoms in total. The molecule has 0 saturated heterocycles. The number of carboxylic acid groups (broad SMARTS) is 1. The summed E-state index contributed by atoms with van der Waals surface area (Å²) < 4.78 is 0. The third kappa shape index (κ3) is 3.00. The number of nitro groups is 1. The van der Waals surface area contributed by atoms with E-state index in [0.717, 1.165) is 0 Å². The highest BCUT2D eigenvalue weighted by molar-refractivity contribution is 5.90. The van der Waals surface area contributed by atoms with Crippen molar-refractivity contribution >= 4 is 17.3 Å². The molecule has 0 radical (unpaired) electrons. The molecule has 0 aromatic heterocycles. The minimum absolute atomic E-state index is 0.00161. The van der Waals surface area contributed by atoms with Gasteiger partial charge in [-0.3, -0.25) is 10.1 Å². The van der Waals surface area contributed by atoms with Crippen molar-refractivity contribution in [3.8, 4) is 0 Å². The van der Waals surface area contributed by atoms with Crippen molar-refractivity contribution in [2.45, 2.75) is 18.9 Å². The molecule has 2 rings (SSSR count). The minimum atomic E-state index is -1.13. The first-order valence-corrected chi connectivity index (χ1v) is 5.91. The zero-order valence-electron chi connectivity index (χ0n) is 10.1. The molecule has 1 aliphatic rings. The van der Waals surface area contributed by atoms with Gasteiger partial charge in [0.15, 0.2) is 0 Å². The van der Waals surface area contributed by atoms with Crippen LogP contribution in [-0.2, 0) is 0 Å². The number of benzene rings is 1. The largest absolute Gasteiger partial charge is 0.478 e. The van der Waals surface area contributed by atoms with E-state index >= 15 is 0 Å². The van der Waals surface area contributed by atoms with Crippen LogP contribution in [0.25, 0.3) is 0 Å². The Morgan fingerprint density at radius 1 is 1.47 bits per heavy atom. The summed E-state index contributed by atoms with van der Waals surface area (Å²) in [6, 6.07) is 3.65. The van der Waals surface area contributed by atoms with E-state index < -0.39 is 10.9 Å². The number of carbonyl (C=O) groups is 1. The van der Waals surface area contributed by atoms with Crippen LogP contribution in [0, 0.1) is 16.0 Å². The summed E-state index contributed by atoms with van der Waals surface area (Å²) in [5.41, 5.74) is 0.0536. The number of aromatic carboxylic acids is 1. The maximum atomic E-state index is 10.9. The van der Waals surface area contributed by atoms with Crippen molar-refractivity contribution in [2.24, 2.45) is 5.92 Å². The topological polar surface area (TPSA) is 113 Å². The Morgan fingerprint density at radius 3 is 2.68 bits per heavy atom. The fourth-order valence-corrected chi connectivity index (χ4v) is 2.09. The molecule has 3 N–H and O–H groups in total. The van der Waals surface area contributed by atoms with Crippen LogP contribution >= 0.6 is 0 Å². The third-order valence-electron chi connectivity index (χ3n) is 3.23. The molecule has 0 amide bonds. The van der Waals surface area contributed by atoms with E-state index in [1.54, 1.807) is 0 Å². The quantitative estimate of drug-likeness (QED) is 0.549. The summed E-state index contributed by atoms with van der Waals surface area (Å²) in [6.45, 7) is 0.487. The lowest BCUT2D eigenvalue weighted by Gasteiger charge is -2.31. The maximum Gasteiger partial charge on any atom is 0.335 e. The lowest BCUT2D eigenvalue weighted by atomic mass is 9.82. The first-order valence-electron chi connectivity index (χ1n) is 5.91. The molecule has 0 unspecified atom stereocenters. The van der Waals surface area contributed by atoms with E-state index in [0.29, 0.717) is 19.4 Å². The summed E-state index contributed by atoms with van der Waals surface area (Å²) in [7, 11) is 0. The highest BCUT2D eigenvalue weighted by atomic mass is 16.6. The van der Waals surface area contributed by atoms with Gasteiger partial charge in [0.05, 0.1) is 16.6 Å². The van der Waals surface area contributed by atoms with Crippen molar-refractivity contribution in [1.29, 1.82) is 0 Å². The Bertz CT molecular complexity index is 511. The van der Waals surface area contributed by atoms with Crippen LogP contribution in [0.2, 0.25) is 0 Å². The Kier molecular flexibility index (Phi) is 3.66. The molecule has 102 valence electrons. The van der Waals surface area contributed by atoms with E-state index in [2.05, 4.69) is 5.32 Å².